The van der Waals surface area contributed by atoms with Crippen molar-refractivity contribution in [3.8, 4) is 11.5 Å². The van der Waals surface area contributed by atoms with Crippen molar-refractivity contribution in [2.45, 2.75) is 4.34 Å². The fourth-order valence-corrected chi connectivity index (χ4v) is 3.48. The predicted molar refractivity (Wildman–Crippen MR) is 90.0 cm³/mol. The molecule has 0 saturated carbocycles. The van der Waals surface area contributed by atoms with E-state index in [1.54, 1.807) is 25.3 Å². The van der Waals surface area contributed by atoms with Gasteiger partial charge in [0.25, 0.3) is 5.91 Å². The molecule has 1 aromatic carbocycles. The van der Waals surface area contributed by atoms with Gasteiger partial charge < -0.3 is 14.2 Å². The summed E-state index contributed by atoms with van der Waals surface area (Å²) in [6.07, 6.45) is 0. The number of rotatable bonds is 8. The van der Waals surface area contributed by atoms with Crippen LogP contribution in [0.1, 0.15) is 10.4 Å². The average molecular weight is 355 g/mol. The monoisotopic (exact) mass is 355 g/mol. The van der Waals surface area contributed by atoms with Gasteiger partial charge in [-0.15, -0.1) is 10.2 Å². The van der Waals surface area contributed by atoms with Crippen LogP contribution >= 0.6 is 23.1 Å². The highest BCUT2D eigenvalue weighted by Gasteiger charge is 2.19. The molecule has 0 saturated heterocycles. The Bertz CT molecular complexity index is 641. The van der Waals surface area contributed by atoms with Crippen LogP contribution in [-0.4, -0.2) is 49.8 Å². The summed E-state index contributed by atoms with van der Waals surface area (Å²) in [5, 5.41) is 11.1. The second-order valence-corrected chi connectivity index (χ2v) is 6.53. The Labute approximate surface area is 142 Å². The first-order valence-corrected chi connectivity index (χ1v) is 8.47. The van der Waals surface area contributed by atoms with Crippen LogP contribution in [-0.2, 0) is 4.74 Å². The number of carbonyl (C=O) groups is 1. The highest BCUT2D eigenvalue weighted by Crippen LogP contribution is 2.30. The van der Waals surface area contributed by atoms with Crippen LogP contribution in [0, 0.1) is 0 Å². The number of thioether (sulfide) groups is 1. The summed E-state index contributed by atoms with van der Waals surface area (Å²) in [4.78, 5) is 12.5. The maximum absolute atomic E-state index is 12.5. The molecule has 9 heteroatoms. The molecule has 2 aromatic rings. The minimum atomic E-state index is -0.358. The van der Waals surface area contributed by atoms with Crippen molar-refractivity contribution < 1.29 is 19.0 Å². The van der Waals surface area contributed by atoms with Crippen molar-refractivity contribution in [3.05, 3.63) is 23.8 Å². The van der Waals surface area contributed by atoms with Gasteiger partial charge in [0.05, 0.1) is 20.8 Å². The fraction of sp³-hybridized carbons (Fsp3) is 0.357. The molecule has 0 fully saturated rings. The largest absolute Gasteiger partial charge is 0.496 e. The molecule has 0 aliphatic heterocycles. The highest BCUT2D eigenvalue weighted by atomic mass is 32.2. The molecule has 0 aliphatic carbocycles. The van der Waals surface area contributed by atoms with E-state index in [0.717, 1.165) is 10.1 Å². The molecule has 0 unspecified atom stereocenters. The molecule has 0 spiro atoms. The summed E-state index contributed by atoms with van der Waals surface area (Å²) < 4.78 is 16.2. The third kappa shape index (κ3) is 4.57. The molecule has 0 radical (unpaired) electrons. The molecular weight excluding hydrogens is 338 g/mol. The molecule has 1 amide bonds. The lowest BCUT2D eigenvalue weighted by molar-refractivity contribution is 0.102. The molecule has 1 heterocycles. The molecule has 0 aliphatic rings. The van der Waals surface area contributed by atoms with Crippen LogP contribution in [0.25, 0.3) is 0 Å². The topological polar surface area (TPSA) is 82.6 Å². The zero-order chi connectivity index (χ0) is 16.7. The summed E-state index contributed by atoms with van der Waals surface area (Å²) in [6, 6.07) is 5.15. The van der Waals surface area contributed by atoms with E-state index in [0.29, 0.717) is 28.8 Å². The van der Waals surface area contributed by atoms with Gasteiger partial charge in [-0.3, -0.25) is 10.1 Å². The van der Waals surface area contributed by atoms with Crippen LogP contribution in [0.5, 0.6) is 11.5 Å². The Morgan fingerprint density at radius 3 is 2.52 bits per heavy atom. The van der Waals surface area contributed by atoms with E-state index >= 15 is 0 Å². The van der Waals surface area contributed by atoms with E-state index in [1.807, 2.05) is 0 Å². The average Bonchev–Trinajstić information content (AvgIpc) is 3.01. The molecule has 23 heavy (non-hydrogen) atoms. The number of benzene rings is 1. The SMILES string of the molecule is COCCSc1nnc(NC(=O)c2c(OC)cccc2OC)s1. The minimum Gasteiger partial charge on any atom is -0.496 e. The first-order valence-electron chi connectivity index (χ1n) is 6.67. The third-order valence-corrected chi connectivity index (χ3v) is 4.73. The lowest BCUT2D eigenvalue weighted by atomic mass is 10.1. The van der Waals surface area contributed by atoms with E-state index in [9.17, 15) is 4.79 Å². The smallest absolute Gasteiger partial charge is 0.265 e. The first-order chi connectivity index (χ1) is 11.2. The Morgan fingerprint density at radius 1 is 1.22 bits per heavy atom. The molecule has 7 nitrogen and oxygen atoms in total. The van der Waals surface area contributed by atoms with Gasteiger partial charge in [0, 0.05) is 12.9 Å². The van der Waals surface area contributed by atoms with E-state index < -0.39 is 0 Å². The Hall–Kier alpha value is -1.84. The normalized spacial score (nSPS) is 10.4. The zero-order valence-corrected chi connectivity index (χ0v) is 14.6. The van der Waals surface area contributed by atoms with Crippen LogP contribution < -0.4 is 14.8 Å². The van der Waals surface area contributed by atoms with Gasteiger partial charge >= 0.3 is 0 Å². The number of ether oxygens (including phenoxy) is 3. The molecule has 0 atom stereocenters. The molecule has 124 valence electrons. The van der Waals surface area contributed by atoms with Gasteiger partial charge in [-0.2, -0.15) is 0 Å². The lowest BCUT2D eigenvalue weighted by Crippen LogP contribution is -2.14. The number of aromatic nitrogens is 2. The number of carbonyl (C=O) groups excluding carboxylic acids is 1. The Kier molecular flexibility index (Phi) is 6.63. The number of methoxy groups -OCH3 is 3. The Morgan fingerprint density at radius 2 is 1.91 bits per heavy atom. The van der Waals surface area contributed by atoms with Gasteiger partial charge in [-0.05, 0) is 12.1 Å². The van der Waals surface area contributed by atoms with Crippen molar-refractivity contribution in [2.75, 3.05) is 39.0 Å². The molecular formula is C14H17N3O4S2. The molecule has 2 rings (SSSR count). The number of nitrogens with zero attached hydrogens (tertiary/aromatic N) is 2. The van der Waals surface area contributed by atoms with Crippen LogP contribution in [0.15, 0.2) is 22.5 Å². The number of amides is 1. The third-order valence-electron chi connectivity index (χ3n) is 2.79. The number of hydrogen-bond donors (Lipinski definition) is 1. The number of hydrogen-bond acceptors (Lipinski definition) is 8. The quantitative estimate of drug-likeness (QED) is 0.443. The zero-order valence-electron chi connectivity index (χ0n) is 13.0. The van der Waals surface area contributed by atoms with E-state index in [4.69, 9.17) is 14.2 Å². The van der Waals surface area contributed by atoms with Crippen molar-refractivity contribution in [1.29, 1.82) is 0 Å². The number of nitrogens with one attached hydrogen (secondary N) is 1. The standard InChI is InChI=1S/C14H17N3O4S2/c1-19-7-8-22-14-17-16-13(23-14)15-12(18)11-9(20-2)5-4-6-10(11)21-3/h4-6H,7-8H2,1-3H3,(H,15,16,18). The summed E-state index contributed by atoms with van der Waals surface area (Å²) in [6.45, 7) is 0.629. The maximum Gasteiger partial charge on any atom is 0.265 e. The first kappa shape index (κ1) is 17.5. The van der Waals surface area contributed by atoms with Crippen molar-refractivity contribution in [3.63, 3.8) is 0 Å². The second-order valence-electron chi connectivity index (χ2n) is 4.21. The van der Waals surface area contributed by atoms with Gasteiger partial charge in [0.2, 0.25) is 5.13 Å². The van der Waals surface area contributed by atoms with E-state index in [1.165, 1.54) is 37.3 Å². The van der Waals surface area contributed by atoms with Gasteiger partial charge in [0.1, 0.15) is 17.1 Å². The molecule has 0 bridgehead atoms. The molecule has 1 aromatic heterocycles. The fourth-order valence-electron chi connectivity index (χ4n) is 1.77. The van der Waals surface area contributed by atoms with Crippen molar-refractivity contribution >= 4 is 34.1 Å². The predicted octanol–water partition coefficient (Wildman–Crippen LogP) is 2.55. The lowest BCUT2D eigenvalue weighted by Gasteiger charge is -2.11. The van der Waals surface area contributed by atoms with Crippen molar-refractivity contribution in [2.24, 2.45) is 0 Å². The summed E-state index contributed by atoms with van der Waals surface area (Å²) in [5.41, 5.74) is 0.321. The summed E-state index contributed by atoms with van der Waals surface area (Å²) in [7, 11) is 4.65. The van der Waals surface area contributed by atoms with E-state index in [-0.39, 0.29) is 5.91 Å². The van der Waals surface area contributed by atoms with Crippen LogP contribution in [0.2, 0.25) is 0 Å². The Balaban J connectivity index is 2.10. The van der Waals surface area contributed by atoms with Crippen LogP contribution in [0.4, 0.5) is 5.13 Å². The van der Waals surface area contributed by atoms with E-state index in [2.05, 4.69) is 15.5 Å². The van der Waals surface area contributed by atoms with Gasteiger partial charge in [-0.25, -0.2) is 0 Å². The van der Waals surface area contributed by atoms with Gasteiger partial charge in [-0.1, -0.05) is 29.2 Å². The maximum atomic E-state index is 12.5. The summed E-state index contributed by atoms with van der Waals surface area (Å²) >= 11 is 2.83. The van der Waals surface area contributed by atoms with Crippen LogP contribution in [0.3, 0.4) is 0 Å². The number of anilines is 1. The van der Waals surface area contributed by atoms with Crippen molar-refractivity contribution in [1.82, 2.24) is 10.2 Å². The van der Waals surface area contributed by atoms with Gasteiger partial charge in [0.15, 0.2) is 4.34 Å². The summed E-state index contributed by atoms with van der Waals surface area (Å²) in [5.74, 6) is 1.28. The second kappa shape index (κ2) is 8.70. The molecule has 1 N–H and O–H groups in total. The highest BCUT2D eigenvalue weighted by molar-refractivity contribution is 8.01. The minimum absolute atomic E-state index is 0.321.